The molecule has 0 heterocycles. The largest absolute Gasteiger partial charge is 0.385 e. The Kier molecular flexibility index (Phi) is 9.85. The van der Waals surface area contributed by atoms with E-state index < -0.39 is 5.41 Å². The van der Waals surface area contributed by atoms with Gasteiger partial charge in [-0.15, -0.1) is 0 Å². The van der Waals surface area contributed by atoms with Crippen LogP contribution in [0.25, 0.3) is 0 Å². The number of carbonyl (C=O) groups is 3. The van der Waals surface area contributed by atoms with Crippen molar-refractivity contribution in [2.75, 3.05) is 41.3 Å². The molecule has 240 valence electrons. The molecule has 0 aromatic heterocycles. The van der Waals surface area contributed by atoms with Crippen LogP contribution in [0.2, 0.25) is 0 Å². The molecule has 6 N–H and O–H groups in total. The Bertz CT molecular complexity index is 1470. The highest BCUT2D eigenvalue weighted by atomic mass is 16.2. The lowest BCUT2D eigenvalue weighted by atomic mass is 9.62. The number of amides is 3. The number of hydrogen-bond acceptors (Lipinski definition) is 8. The Morgan fingerprint density at radius 1 is 1.00 bits per heavy atom. The summed E-state index contributed by atoms with van der Waals surface area (Å²) in [5.74, 6) is 6.18. The zero-order chi connectivity index (χ0) is 33.2. The number of nitriles is 1. The van der Waals surface area contributed by atoms with Crippen LogP contribution in [0, 0.1) is 23.2 Å². The smallest absolute Gasteiger partial charge is 0.253 e. The Morgan fingerprint density at radius 2 is 1.51 bits per heavy atom. The van der Waals surface area contributed by atoms with Crippen molar-refractivity contribution in [3.8, 4) is 6.07 Å². The number of nitrogens with zero attached hydrogens (tertiary/aromatic N) is 5. The predicted molar refractivity (Wildman–Crippen MR) is 173 cm³/mol. The Morgan fingerprint density at radius 3 is 1.93 bits per heavy atom. The van der Waals surface area contributed by atoms with E-state index >= 15 is 0 Å². The number of nitrogens with one attached hydrogen (secondary N) is 2. The van der Waals surface area contributed by atoms with Crippen molar-refractivity contribution < 1.29 is 14.4 Å². The number of nitrogens with two attached hydrogens (primary N) is 2. The highest BCUT2D eigenvalue weighted by molar-refractivity contribution is 5.99. The summed E-state index contributed by atoms with van der Waals surface area (Å²) in [6.07, 6.45) is 0.855. The van der Waals surface area contributed by atoms with Crippen molar-refractivity contribution in [1.82, 2.24) is 25.6 Å². The number of hydrazone groups is 1. The molecule has 0 spiro atoms. The van der Waals surface area contributed by atoms with Crippen molar-refractivity contribution in [3.63, 3.8) is 0 Å². The van der Waals surface area contributed by atoms with Crippen LogP contribution >= 0.6 is 0 Å². The number of carbonyl (C=O) groups excluding carboxylic acids is 3. The average molecular weight is 616 g/mol. The topological polar surface area (TPSA) is 173 Å². The predicted octanol–water partition coefficient (Wildman–Crippen LogP) is 1.39. The lowest BCUT2D eigenvalue weighted by molar-refractivity contribution is -0.130. The van der Waals surface area contributed by atoms with E-state index in [1.807, 2.05) is 31.2 Å². The molecule has 0 bridgehead atoms. The van der Waals surface area contributed by atoms with Crippen LogP contribution in [0.4, 0.5) is 0 Å². The molecular formula is C33H45N9O3. The third-order valence-electron chi connectivity index (χ3n) is 9.34. The molecule has 4 atom stereocenters. The van der Waals surface area contributed by atoms with E-state index in [9.17, 15) is 19.6 Å². The highest BCUT2D eigenvalue weighted by Gasteiger charge is 2.49. The summed E-state index contributed by atoms with van der Waals surface area (Å²) in [5.41, 5.74) is 12.7. The van der Waals surface area contributed by atoms with E-state index in [4.69, 9.17) is 11.6 Å². The molecule has 2 aromatic rings. The third-order valence-corrected chi connectivity index (χ3v) is 9.34. The lowest BCUT2D eigenvalue weighted by Gasteiger charge is -2.42. The Hall–Kier alpha value is -4.47. The molecule has 0 saturated heterocycles. The van der Waals surface area contributed by atoms with Gasteiger partial charge in [0, 0.05) is 51.4 Å². The fraction of sp³-hybridized carbons (Fsp3) is 0.485. The van der Waals surface area contributed by atoms with Crippen LogP contribution in [-0.2, 0) is 16.6 Å². The van der Waals surface area contributed by atoms with Crippen molar-refractivity contribution in [3.05, 3.63) is 69.8 Å². The molecular weight excluding hydrogens is 570 g/mol. The first-order chi connectivity index (χ1) is 21.3. The second kappa shape index (κ2) is 13.3. The summed E-state index contributed by atoms with van der Waals surface area (Å²) in [6.45, 7) is 6.24. The first kappa shape index (κ1) is 33.4. The minimum Gasteiger partial charge on any atom is -0.385 e. The van der Waals surface area contributed by atoms with Gasteiger partial charge in [0.05, 0.1) is 18.0 Å². The summed E-state index contributed by atoms with van der Waals surface area (Å²) < 4.78 is 0. The van der Waals surface area contributed by atoms with Crippen LogP contribution in [-0.4, -0.2) is 91.6 Å². The molecule has 4 rings (SSSR count). The monoisotopic (exact) mass is 615 g/mol. The van der Waals surface area contributed by atoms with Crippen molar-refractivity contribution in [2.24, 2.45) is 28.5 Å². The van der Waals surface area contributed by atoms with E-state index in [1.54, 1.807) is 45.2 Å². The molecule has 3 amide bonds. The van der Waals surface area contributed by atoms with E-state index in [1.165, 1.54) is 9.80 Å². The fourth-order valence-corrected chi connectivity index (χ4v) is 6.75. The zero-order valence-electron chi connectivity index (χ0n) is 27.2. The molecule has 0 radical (unpaired) electrons. The van der Waals surface area contributed by atoms with E-state index in [2.05, 4.69) is 35.9 Å². The number of benzene rings is 2. The molecule has 2 aromatic carbocycles. The quantitative estimate of drug-likeness (QED) is 0.0965. The van der Waals surface area contributed by atoms with Gasteiger partial charge in [-0.05, 0) is 78.1 Å². The maximum atomic E-state index is 13.3. The minimum absolute atomic E-state index is 0.0444. The SMILES string of the molecule is CC1C(N(CC#N)C(=O)CN[C@H](C)CC2(/C(N)=N/NN)c3ccc(C(=O)N(C)C)cc3Cc3cc(C(=O)N(C)C)ccc32)[C@H]1C. The number of hydrogen-bond donors (Lipinski definition) is 4. The standard InChI is InChI=1S/C33H45N9O3/c1-19(37-18-28(43)42(13-12-34)29-20(2)21(29)3)17-33(32(35)38-39-36)26-10-8-22(30(44)40(4)5)14-24(26)16-25-15-23(9-11-27(25)33)31(45)41(6)7/h8-11,14-15,19-21,29,37,39H,13,16-18,36H2,1-7H3,(H2,35,38)/t19-,20+,21?,29?/m1/s1. The highest BCUT2D eigenvalue weighted by Crippen LogP contribution is 2.46. The van der Waals surface area contributed by atoms with Gasteiger partial charge in [0.15, 0.2) is 0 Å². The summed E-state index contributed by atoms with van der Waals surface area (Å²) >= 11 is 0. The molecule has 12 heteroatoms. The number of fused-ring (bicyclic) bond motifs is 2. The van der Waals surface area contributed by atoms with E-state index in [0.29, 0.717) is 35.8 Å². The van der Waals surface area contributed by atoms with Gasteiger partial charge >= 0.3 is 0 Å². The fourth-order valence-electron chi connectivity index (χ4n) is 6.75. The molecule has 45 heavy (non-hydrogen) atoms. The molecule has 2 aliphatic rings. The van der Waals surface area contributed by atoms with Crippen molar-refractivity contribution >= 4 is 23.6 Å². The number of rotatable bonds is 11. The summed E-state index contributed by atoms with van der Waals surface area (Å²) in [7, 11) is 6.81. The Labute approximate surface area is 265 Å². The van der Waals surface area contributed by atoms with Gasteiger partial charge < -0.3 is 25.8 Å². The first-order valence-corrected chi connectivity index (χ1v) is 15.2. The molecule has 1 saturated carbocycles. The molecule has 2 unspecified atom stereocenters. The summed E-state index contributed by atoms with van der Waals surface area (Å²) in [4.78, 5) is 43.9. The van der Waals surface area contributed by atoms with Crippen LogP contribution in [0.1, 0.15) is 70.2 Å². The first-order valence-electron chi connectivity index (χ1n) is 15.2. The molecule has 1 fully saturated rings. The van der Waals surface area contributed by atoms with Crippen LogP contribution in [0.3, 0.4) is 0 Å². The average Bonchev–Trinajstić information content (AvgIpc) is 3.60. The van der Waals surface area contributed by atoms with Crippen molar-refractivity contribution in [2.45, 2.75) is 51.1 Å². The maximum Gasteiger partial charge on any atom is 0.253 e. The molecule has 12 nitrogen and oxygen atoms in total. The maximum absolute atomic E-state index is 13.3. The van der Waals surface area contributed by atoms with Crippen LogP contribution in [0.5, 0.6) is 0 Å². The normalized spacial score (nSPS) is 20.2. The van der Waals surface area contributed by atoms with Gasteiger partial charge in [0.1, 0.15) is 12.4 Å². The van der Waals surface area contributed by atoms with Gasteiger partial charge in [-0.1, -0.05) is 26.0 Å². The van der Waals surface area contributed by atoms with Gasteiger partial charge in [0.2, 0.25) is 5.91 Å². The zero-order valence-corrected chi connectivity index (χ0v) is 27.2. The Balaban J connectivity index is 1.78. The third kappa shape index (κ3) is 6.36. The van der Waals surface area contributed by atoms with Crippen molar-refractivity contribution in [1.29, 1.82) is 5.26 Å². The second-order valence-electron chi connectivity index (χ2n) is 12.7. The van der Waals surface area contributed by atoms with E-state index in [0.717, 1.165) is 22.3 Å². The van der Waals surface area contributed by atoms with E-state index in [-0.39, 0.29) is 48.7 Å². The summed E-state index contributed by atoms with van der Waals surface area (Å²) in [6, 6.07) is 13.1. The van der Waals surface area contributed by atoms with Gasteiger partial charge in [-0.2, -0.15) is 10.4 Å². The number of amidine groups is 1. The van der Waals surface area contributed by atoms with Gasteiger partial charge in [-0.3, -0.25) is 14.4 Å². The van der Waals surface area contributed by atoms with Crippen LogP contribution < -0.4 is 22.4 Å². The van der Waals surface area contributed by atoms with Gasteiger partial charge in [0.25, 0.3) is 11.8 Å². The summed E-state index contributed by atoms with van der Waals surface area (Å²) in [5, 5.41) is 17.0. The minimum atomic E-state index is -1.02. The number of hydrazine groups is 1. The molecule has 2 aliphatic carbocycles. The second-order valence-corrected chi connectivity index (χ2v) is 12.7. The van der Waals surface area contributed by atoms with Gasteiger partial charge in [-0.25, -0.2) is 11.4 Å². The lowest BCUT2D eigenvalue weighted by Crippen LogP contribution is -2.51. The van der Waals surface area contributed by atoms with Crippen LogP contribution in [0.15, 0.2) is 41.5 Å². The molecule has 0 aliphatic heterocycles.